The van der Waals surface area contributed by atoms with E-state index >= 15 is 0 Å². The lowest BCUT2D eigenvalue weighted by atomic mass is 9.99. The highest BCUT2D eigenvalue weighted by molar-refractivity contribution is 8.00. The molecule has 0 unspecified atom stereocenters. The molecule has 2 heterocycles. The molecular weight excluding hydrogens is 516 g/mol. The molecule has 0 radical (unpaired) electrons. The maximum absolute atomic E-state index is 13.7. The lowest BCUT2D eigenvalue weighted by molar-refractivity contribution is -0.123. The quantitative estimate of drug-likeness (QED) is 0.297. The van der Waals surface area contributed by atoms with Gasteiger partial charge >= 0.3 is 0 Å². The molecule has 38 heavy (non-hydrogen) atoms. The normalized spacial score (nSPS) is 16.0. The number of carbonyl (C=O) groups is 2. The molecule has 5 rings (SSSR count). The molecule has 0 saturated heterocycles. The zero-order valence-corrected chi connectivity index (χ0v) is 22.9. The third-order valence-electron chi connectivity index (χ3n) is 6.65. The summed E-state index contributed by atoms with van der Waals surface area (Å²) in [6.45, 7) is 3.87. The van der Waals surface area contributed by atoms with Gasteiger partial charge in [0.15, 0.2) is 0 Å². The number of hydrogen-bond donors (Lipinski definition) is 1. The standard InChI is InChI=1S/C30H29ClN4O2S/c1-3-20(2)32-25(36)18-34-26(37)19-38-29(23-16-10-11-17-24(23)31)27-28(21-12-6-4-7-13-21)33-35(30(27)34)22-14-8-5-9-15-22/h4-17,20,29H,3,18-19H2,1-2H3,(H,32,36)/t20-,29+/m0/s1. The first kappa shape index (κ1) is 26.1. The second-order valence-electron chi connectivity index (χ2n) is 9.27. The molecule has 0 fully saturated rings. The van der Waals surface area contributed by atoms with Crippen LogP contribution in [0.4, 0.5) is 5.82 Å². The van der Waals surface area contributed by atoms with E-state index in [1.54, 1.807) is 9.58 Å². The third kappa shape index (κ3) is 5.22. The van der Waals surface area contributed by atoms with Gasteiger partial charge < -0.3 is 5.32 Å². The van der Waals surface area contributed by atoms with Gasteiger partial charge in [-0.2, -0.15) is 5.10 Å². The Balaban J connectivity index is 1.78. The number of thioether (sulfide) groups is 1. The van der Waals surface area contributed by atoms with Gasteiger partial charge in [-0.15, -0.1) is 11.8 Å². The highest BCUT2D eigenvalue weighted by Crippen LogP contribution is 2.49. The number of nitrogens with one attached hydrogen (secondary N) is 1. The van der Waals surface area contributed by atoms with Crippen LogP contribution in [-0.4, -0.2) is 39.9 Å². The molecule has 2 amide bonds. The Labute approximate surface area is 232 Å². The summed E-state index contributed by atoms with van der Waals surface area (Å²) in [5.74, 6) is 0.433. The fourth-order valence-corrected chi connectivity index (χ4v) is 6.12. The molecule has 8 heteroatoms. The minimum Gasteiger partial charge on any atom is -0.352 e. The molecule has 6 nitrogen and oxygen atoms in total. The van der Waals surface area contributed by atoms with Crippen LogP contribution in [0.25, 0.3) is 16.9 Å². The molecule has 3 aromatic carbocycles. The van der Waals surface area contributed by atoms with Crippen LogP contribution in [0.15, 0.2) is 84.9 Å². The first-order valence-electron chi connectivity index (χ1n) is 12.7. The Morgan fingerprint density at radius 1 is 1.05 bits per heavy atom. The monoisotopic (exact) mass is 544 g/mol. The number of anilines is 1. The van der Waals surface area contributed by atoms with Gasteiger partial charge in [-0.05, 0) is 37.1 Å². The smallest absolute Gasteiger partial charge is 0.240 e. The average molecular weight is 545 g/mol. The Kier molecular flexibility index (Phi) is 7.86. The Hall–Kier alpha value is -3.55. The van der Waals surface area contributed by atoms with Gasteiger partial charge in [0.05, 0.1) is 22.4 Å². The van der Waals surface area contributed by atoms with Crippen molar-refractivity contribution in [1.29, 1.82) is 0 Å². The number of carbonyl (C=O) groups excluding carboxylic acids is 2. The van der Waals surface area contributed by atoms with Gasteiger partial charge in [-0.1, -0.05) is 85.3 Å². The fourth-order valence-electron chi connectivity index (χ4n) is 4.58. The lowest BCUT2D eigenvalue weighted by Crippen LogP contribution is -2.44. The van der Waals surface area contributed by atoms with Crippen molar-refractivity contribution < 1.29 is 9.59 Å². The number of aromatic nitrogens is 2. The van der Waals surface area contributed by atoms with Crippen LogP contribution in [0.1, 0.15) is 36.6 Å². The number of benzene rings is 3. The summed E-state index contributed by atoms with van der Waals surface area (Å²) < 4.78 is 1.79. The van der Waals surface area contributed by atoms with Crippen LogP contribution in [-0.2, 0) is 9.59 Å². The predicted molar refractivity (Wildman–Crippen MR) is 155 cm³/mol. The van der Waals surface area contributed by atoms with Crippen LogP contribution < -0.4 is 10.2 Å². The molecule has 0 bridgehead atoms. The average Bonchev–Trinajstić information content (AvgIpc) is 3.27. The number of rotatable bonds is 7. The molecule has 1 aliphatic heterocycles. The van der Waals surface area contributed by atoms with Gasteiger partial charge in [0, 0.05) is 22.2 Å². The summed E-state index contributed by atoms with van der Waals surface area (Å²) in [6.07, 6.45) is 0.801. The number of amides is 2. The summed E-state index contributed by atoms with van der Waals surface area (Å²) in [5, 5.41) is 8.45. The summed E-state index contributed by atoms with van der Waals surface area (Å²) in [6, 6.07) is 27.4. The van der Waals surface area contributed by atoms with E-state index in [0.29, 0.717) is 10.8 Å². The lowest BCUT2D eigenvalue weighted by Gasteiger charge is -2.24. The minimum absolute atomic E-state index is 0.00760. The van der Waals surface area contributed by atoms with Crippen molar-refractivity contribution in [1.82, 2.24) is 15.1 Å². The maximum Gasteiger partial charge on any atom is 0.240 e. The Bertz CT molecular complexity index is 1440. The van der Waals surface area contributed by atoms with Crippen molar-refractivity contribution in [3.05, 3.63) is 101 Å². The number of fused-ring (bicyclic) bond motifs is 1. The number of nitrogens with zero attached hydrogens (tertiary/aromatic N) is 3. The van der Waals surface area contributed by atoms with Gasteiger partial charge in [0.1, 0.15) is 12.4 Å². The maximum atomic E-state index is 13.7. The topological polar surface area (TPSA) is 67.2 Å². The molecule has 194 valence electrons. The summed E-state index contributed by atoms with van der Waals surface area (Å²) in [7, 11) is 0. The van der Waals surface area contributed by atoms with Gasteiger partial charge in [-0.25, -0.2) is 4.68 Å². The molecule has 0 spiro atoms. The zero-order chi connectivity index (χ0) is 26.6. The van der Waals surface area contributed by atoms with Gasteiger partial charge in [0.25, 0.3) is 0 Å². The first-order valence-corrected chi connectivity index (χ1v) is 14.1. The summed E-state index contributed by atoms with van der Waals surface area (Å²) in [4.78, 5) is 28.4. The largest absolute Gasteiger partial charge is 0.352 e. The van der Waals surface area contributed by atoms with E-state index in [1.165, 1.54) is 11.8 Å². The molecule has 1 N–H and O–H groups in total. The van der Waals surface area contributed by atoms with E-state index in [0.717, 1.165) is 34.5 Å². The van der Waals surface area contributed by atoms with Crippen LogP contribution in [0.2, 0.25) is 5.02 Å². The van der Waals surface area contributed by atoms with Crippen molar-refractivity contribution >= 4 is 41.0 Å². The second kappa shape index (κ2) is 11.5. The molecule has 4 aromatic rings. The van der Waals surface area contributed by atoms with Crippen molar-refractivity contribution in [2.45, 2.75) is 31.6 Å². The van der Waals surface area contributed by atoms with Crippen LogP contribution in [0.3, 0.4) is 0 Å². The number of halogens is 1. The summed E-state index contributed by atoms with van der Waals surface area (Å²) in [5.41, 5.74) is 4.25. The van der Waals surface area contributed by atoms with Crippen LogP contribution >= 0.6 is 23.4 Å². The molecule has 1 aliphatic rings. The molecule has 0 saturated carbocycles. The third-order valence-corrected chi connectivity index (χ3v) is 8.23. The van der Waals surface area contributed by atoms with E-state index in [1.807, 2.05) is 98.8 Å². The van der Waals surface area contributed by atoms with E-state index in [-0.39, 0.29) is 35.4 Å². The summed E-state index contributed by atoms with van der Waals surface area (Å²) >= 11 is 8.23. The molecule has 0 aliphatic carbocycles. The number of hydrogen-bond acceptors (Lipinski definition) is 4. The van der Waals surface area contributed by atoms with Crippen LogP contribution in [0.5, 0.6) is 0 Å². The molecule has 2 atom stereocenters. The Morgan fingerprint density at radius 3 is 2.39 bits per heavy atom. The first-order chi connectivity index (χ1) is 18.5. The van der Waals surface area contributed by atoms with Crippen LogP contribution in [0, 0.1) is 0 Å². The molecular formula is C30H29ClN4O2S. The van der Waals surface area contributed by atoms with Crippen molar-refractivity contribution in [2.75, 3.05) is 17.2 Å². The van der Waals surface area contributed by atoms with Crippen molar-refractivity contribution in [3.8, 4) is 16.9 Å². The van der Waals surface area contributed by atoms with E-state index in [2.05, 4.69) is 5.32 Å². The molecule has 1 aromatic heterocycles. The highest BCUT2D eigenvalue weighted by Gasteiger charge is 2.38. The Morgan fingerprint density at radius 2 is 1.71 bits per heavy atom. The van der Waals surface area contributed by atoms with E-state index < -0.39 is 0 Å². The van der Waals surface area contributed by atoms with Crippen molar-refractivity contribution in [2.24, 2.45) is 0 Å². The number of para-hydroxylation sites is 1. The minimum atomic E-state index is -0.266. The fraction of sp³-hybridized carbons (Fsp3) is 0.233. The SMILES string of the molecule is CC[C@H](C)NC(=O)CN1C(=O)CS[C@H](c2ccccc2Cl)c2c(-c3ccccc3)nn(-c3ccccc3)c21. The van der Waals surface area contributed by atoms with Gasteiger partial charge in [-0.3, -0.25) is 14.5 Å². The van der Waals surface area contributed by atoms with Crippen molar-refractivity contribution in [3.63, 3.8) is 0 Å². The second-order valence-corrected chi connectivity index (χ2v) is 10.8. The highest BCUT2D eigenvalue weighted by atomic mass is 35.5. The predicted octanol–water partition coefficient (Wildman–Crippen LogP) is 6.28. The van der Waals surface area contributed by atoms with Gasteiger partial charge in [0.2, 0.25) is 11.8 Å². The van der Waals surface area contributed by atoms with E-state index in [9.17, 15) is 9.59 Å². The zero-order valence-electron chi connectivity index (χ0n) is 21.3. The van der Waals surface area contributed by atoms with E-state index in [4.69, 9.17) is 16.7 Å².